The summed E-state index contributed by atoms with van der Waals surface area (Å²) in [6.45, 7) is 49.8. The van der Waals surface area contributed by atoms with Crippen LogP contribution in [-0.2, 0) is 110 Å². The molecular weight excluding hydrogens is 1590 g/mol. The van der Waals surface area contributed by atoms with Crippen molar-refractivity contribution in [2.45, 2.75) is 366 Å². The van der Waals surface area contributed by atoms with E-state index in [9.17, 15) is 57.5 Å². The van der Waals surface area contributed by atoms with Gasteiger partial charge in [0.2, 0.25) is 0 Å². The van der Waals surface area contributed by atoms with Crippen LogP contribution in [0.1, 0.15) is 307 Å². The number of fused-ring (bicyclic) bond motifs is 2. The highest BCUT2D eigenvalue weighted by molar-refractivity contribution is 5.90. The number of nitriles is 1. The first-order valence-electron chi connectivity index (χ1n) is 45.3. The smallest absolute Gasteiger partial charge is 0.310 e. The van der Waals surface area contributed by atoms with Gasteiger partial charge in [-0.2, -0.15) is 5.26 Å². The van der Waals surface area contributed by atoms with Gasteiger partial charge < -0.3 is 76.4 Å². The summed E-state index contributed by atoms with van der Waals surface area (Å²) in [5.41, 5.74) is 1.57. The molecule has 0 bridgehead atoms. The fourth-order valence-electron chi connectivity index (χ4n) is 19.1. The number of rotatable bonds is 18. The second-order valence-electron chi connectivity index (χ2n) is 39.2. The summed E-state index contributed by atoms with van der Waals surface area (Å²) >= 11 is 0. The van der Waals surface area contributed by atoms with Gasteiger partial charge in [0, 0.05) is 128 Å². The number of allylic oxidation sites excluding steroid dienone is 6. The molecule has 0 amide bonds. The van der Waals surface area contributed by atoms with Crippen molar-refractivity contribution in [1.82, 2.24) is 0 Å². The van der Waals surface area contributed by atoms with Crippen LogP contribution in [0.2, 0.25) is 0 Å². The topological polar surface area (TPSA) is 350 Å². The van der Waals surface area contributed by atoms with Crippen LogP contribution in [0.25, 0.3) is 0 Å². The molecule has 0 aromatic rings. The van der Waals surface area contributed by atoms with E-state index in [1.807, 2.05) is 13.8 Å². The van der Waals surface area contributed by atoms with Gasteiger partial charge in [-0.25, -0.2) is 0 Å². The summed E-state index contributed by atoms with van der Waals surface area (Å²) in [5, 5.41) is 18.0. The number of carbonyl (C=O) groups is 12. The summed E-state index contributed by atoms with van der Waals surface area (Å²) in [5.74, 6) is 5.10. The molecule has 11 aliphatic heterocycles. The average Bonchev–Trinajstić information content (AvgIpc) is 1.60. The zero-order valence-corrected chi connectivity index (χ0v) is 79.7. The van der Waals surface area contributed by atoms with Crippen molar-refractivity contribution in [3.05, 3.63) is 59.6 Å². The molecule has 13 rings (SSSR count). The van der Waals surface area contributed by atoms with Crippen LogP contribution >= 0.6 is 0 Å². The summed E-state index contributed by atoms with van der Waals surface area (Å²) < 4.78 is 58.9. The molecule has 2 aliphatic carbocycles. The van der Waals surface area contributed by atoms with Gasteiger partial charge in [0.15, 0.2) is 17.3 Å². The Morgan fingerprint density at radius 3 is 1.19 bits per heavy atom. The molecule has 12 atom stereocenters. The van der Waals surface area contributed by atoms with E-state index in [2.05, 4.69) is 75.3 Å². The molecule has 124 heavy (non-hydrogen) atoms. The van der Waals surface area contributed by atoms with Gasteiger partial charge >= 0.3 is 5.97 Å². The van der Waals surface area contributed by atoms with Gasteiger partial charge in [-0.15, -0.1) is 0 Å². The maximum Gasteiger partial charge on any atom is 0.310 e. The highest BCUT2D eigenvalue weighted by atomic mass is 16.5. The highest BCUT2D eigenvalue weighted by Crippen LogP contribution is 2.50. The molecule has 25 heteroatoms. The third-order valence-corrected chi connectivity index (χ3v) is 23.2. The minimum atomic E-state index is -0.869. The Bertz CT molecular complexity index is 3520. The van der Waals surface area contributed by atoms with E-state index in [0.717, 1.165) is 129 Å². The molecule has 12 unspecified atom stereocenters. The number of hydrogen-bond acceptors (Lipinski definition) is 24. The van der Waals surface area contributed by atoms with E-state index < -0.39 is 16.8 Å². The Kier molecular flexibility index (Phi) is 49.2. The number of carbonyl (C=O) groups excluding carboxylic acids is 11. The molecule has 12 fully saturated rings. The van der Waals surface area contributed by atoms with E-state index in [4.69, 9.17) is 62.5 Å². The van der Waals surface area contributed by atoms with Crippen molar-refractivity contribution in [2.75, 3.05) is 66.1 Å². The molecule has 0 radical (unpaired) electrons. The Balaban J connectivity index is 0.000000353. The number of ketones is 11. The average molecular weight is 1750 g/mol. The Morgan fingerprint density at radius 1 is 0.435 bits per heavy atom. The third kappa shape index (κ3) is 46.9. The second kappa shape index (κ2) is 54.7. The molecule has 13 aliphatic rings. The molecule has 1 N–H and O–H groups in total. The van der Waals surface area contributed by atoms with Gasteiger partial charge in [-0.05, 0) is 328 Å². The lowest BCUT2D eigenvalue weighted by molar-refractivity contribution is -0.173. The van der Waals surface area contributed by atoms with E-state index in [1.54, 1.807) is 85.8 Å². The Morgan fingerprint density at radius 2 is 0.831 bits per heavy atom. The molecule has 0 aromatic heterocycles. The zero-order valence-electron chi connectivity index (χ0n) is 79.7. The predicted molar refractivity (Wildman–Crippen MR) is 475 cm³/mol. The van der Waals surface area contributed by atoms with Gasteiger partial charge in [0.25, 0.3) is 0 Å². The normalized spacial score (nSPS) is 28.4. The van der Waals surface area contributed by atoms with Crippen LogP contribution in [0.15, 0.2) is 59.6 Å². The number of ether oxygens (including phenoxy) is 11. The number of carboxylic acid groups (broad SMARTS) is 1. The molecule has 0 spiro atoms. The van der Waals surface area contributed by atoms with Gasteiger partial charge in [-0.3, -0.25) is 38.4 Å². The zero-order chi connectivity index (χ0) is 93.5. The van der Waals surface area contributed by atoms with Gasteiger partial charge in [-0.1, -0.05) is 11.1 Å². The first kappa shape index (κ1) is 112. The first-order valence-corrected chi connectivity index (χ1v) is 45.3. The molecule has 11 heterocycles. The Hall–Kier alpha value is -6.57. The summed E-state index contributed by atoms with van der Waals surface area (Å²) in [6.07, 6.45) is 32.3. The largest absolute Gasteiger partial charge is 0.481 e. The summed E-state index contributed by atoms with van der Waals surface area (Å²) in [6, 6.07) is 2.25. The van der Waals surface area contributed by atoms with Crippen LogP contribution in [0.3, 0.4) is 0 Å². The number of carboxylic acids is 1. The minimum absolute atomic E-state index is 0.0474. The molecule has 702 valence electrons. The Labute approximate surface area is 741 Å². The lowest BCUT2D eigenvalue weighted by Gasteiger charge is -2.45. The second-order valence-corrected chi connectivity index (χ2v) is 39.2. The van der Waals surface area contributed by atoms with Crippen molar-refractivity contribution < 1.29 is 115 Å². The van der Waals surface area contributed by atoms with E-state index in [1.165, 1.54) is 50.9 Å². The lowest BCUT2D eigenvalue weighted by atomic mass is 9.76. The number of aliphatic carboxylic acids is 1. The van der Waals surface area contributed by atoms with E-state index >= 15 is 0 Å². The molecule has 2 saturated carbocycles. The molecule has 0 aromatic carbocycles. The van der Waals surface area contributed by atoms with Gasteiger partial charge in [0.1, 0.15) is 46.3 Å². The van der Waals surface area contributed by atoms with Crippen LogP contribution in [0, 0.1) is 69.5 Å². The van der Waals surface area contributed by atoms with Gasteiger partial charge in [0.05, 0.1) is 88.5 Å². The van der Waals surface area contributed by atoms with Crippen LogP contribution in [-0.4, -0.2) is 200 Å². The lowest BCUT2D eigenvalue weighted by Crippen LogP contribution is -2.45. The fourth-order valence-corrected chi connectivity index (χ4v) is 19.1. The highest BCUT2D eigenvalue weighted by Gasteiger charge is 2.58. The molecular formula is C99H157NO24. The van der Waals surface area contributed by atoms with Crippen LogP contribution < -0.4 is 0 Å². The van der Waals surface area contributed by atoms with Crippen molar-refractivity contribution >= 4 is 69.6 Å². The number of Topliss-reactive ketones (excluding diaryl/α,β-unsaturated/α-hetero) is 8. The molecule has 10 saturated heterocycles. The minimum Gasteiger partial charge on any atom is -0.481 e. The monoisotopic (exact) mass is 1740 g/mol. The predicted octanol–water partition coefficient (Wildman–Crippen LogP) is 17.4. The molecule has 25 nitrogen and oxygen atoms in total. The van der Waals surface area contributed by atoms with E-state index in [-0.39, 0.29) is 93.4 Å². The van der Waals surface area contributed by atoms with E-state index in [0.29, 0.717) is 161 Å². The standard InChI is InChI=1S/C12H22O2.C12H20O2.C10H18O2.C10H16O2.C9H13NO2.C9H14O4.C8H8O2.C8H14O2.2C7H10O2.C7H12O2/c2*1-9(13)6-10-7-11(2,3)14-12(4,5)8-10;2*1-7(11)4-10-5-8(2)12-9(3)6-10;1-8(11)6-9(7-10)2-4-12-5-3-9;1-7(10)6-9(8(11)12)2-4-13-5-3-9;1-7(9)6-8-2-4-10-5-3-8;1-7(9)5-8-3-2-4-10-6-8;2*1-4(8)6-5-2-3-9-7(5)6;1-6(8)4-7-2-3-9-5-7/h10H,6-8H2,1-5H3;6H,7-8H2,1-5H3;8-10H,4-6H2,1-3H3;4,8-9H,5-6H2,1-3H3;2-6H2,1H3;2-6H2,1H3,(H,11,12);2-6H,1H3;8H,2-6H2,1H3;2*5-7H,2-3H2,1H3;7H,2-5H2,1H3. The third-order valence-electron chi connectivity index (χ3n) is 23.2. The number of nitrogens with zero attached hydrogens (tertiary/aromatic N) is 1. The van der Waals surface area contributed by atoms with Crippen LogP contribution in [0.4, 0.5) is 0 Å². The first-order chi connectivity index (χ1) is 57.8. The van der Waals surface area contributed by atoms with Crippen molar-refractivity contribution in [3.63, 3.8) is 0 Å². The summed E-state index contributed by atoms with van der Waals surface area (Å²) in [7, 11) is 0. The fraction of sp³-hybridized carbons (Fsp3) is 0.768. The van der Waals surface area contributed by atoms with Crippen molar-refractivity contribution in [1.29, 1.82) is 5.26 Å². The quantitative estimate of drug-likeness (QED) is 0.125. The van der Waals surface area contributed by atoms with Crippen molar-refractivity contribution in [2.24, 2.45) is 58.2 Å². The maximum atomic E-state index is 11.1. The number of hydrogen-bond donors (Lipinski definition) is 1. The van der Waals surface area contributed by atoms with Crippen LogP contribution in [0.5, 0.6) is 0 Å². The van der Waals surface area contributed by atoms with Crippen molar-refractivity contribution in [3.8, 4) is 6.07 Å². The summed E-state index contributed by atoms with van der Waals surface area (Å²) in [4.78, 5) is 130. The maximum absolute atomic E-state index is 11.1. The SMILES string of the molecule is CC(=O)C1C2CCOC21.CC(=O)C1C2CCOC21.CC(=O)C=C1C=COC=C1.CC(=O)C=C1CC(C)(C)OC(C)(C)C1.CC(=O)C=C1CC(C)OC(C)C1.CC(=O)CC1(C#N)CCOCC1.CC(=O)CC1(C(=O)O)CCOCC1.CC(=O)CC1CC(C)(C)OC(C)(C)C1.CC(=O)CC1CC(C)OC(C)C1.CC(=O)CC1CCCOC1.CC(=O)CC1CCOC1.